The third-order valence-corrected chi connectivity index (χ3v) is 4.32. The predicted octanol–water partition coefficient (Wildman–Crippen LogP) is 2.41. The van der Waals surface area contributed by atoms with Gasteiger partial charge in [-0.05, 0) is 52.2 Å². The van der Waals surface area contributed by atoms with Gasteiger partial charge < -0.3 is 14.0 Å². The molecule has 22 heavy (non-hydrogen) atoms. The van der Waals surface area contributed by atoms with Crippen molar-refractivity contribution in [2.45, 2.75) is 45.8 Å². The molecule has 1 aromatic carbocycles. The van der Waals surface area contributed by atoms with E-state index < -0.39 is 26.6 Å². The van der Waals surface area contributed by atoms with Gasteiger partial charge in [-0.2, -0.15) is 0 Å². The average molecular weight is 327 g/mol. The van der Waals surface area contributed by atoms with Gasteiger partial charge in [0.15, 0.2) is 5.75 Å². The molecule has 0 aliphatic carbocycles. The molecule has 1 fully saturated rings. The summed E-state index contributed by atoms with van der Waals surface area (Å²) in [5.74, 6) is 0.595. The Morgan fingerprint density at radius 1 is 1.18 bits per heavy atom. The van der Waals surface area contributed by atoms with Crippen LogP contribution in [0.5, 0.6) is 11.5 Å². The first kappa shape index (κ1) is 17.2. The van der Waals surface area contributed by atoms with Crippen LogP contribution in [0.25, 0.3) is 0 Å². The first-order valence-electron chi connectivity index (χ1n) is 7.13. The van der Waals surface area contributed by atoms with E-state index in [1.807, 2.05) is 34.6 Å². The third kappa shape index (κ3) is 3.44. The van der Waals surface area contributed by atoms with Gasteiger partial charge in [0.1, 0.15) is 0 Å². The van der Waals surface area contributed by atoms with Gasteiger partial charge >= 0.3 is 15.4 Å². The van der Waals surface area contributed by atoms with Crippen molar-refractivity contribution in [3.8, 4) is 11.5 Å². The molecular weight excluding hydrogens is 306 g/mol. The van der Waals surface area contributed by atoms with E-state index >= 15 is 0 Å². The SMILES string of the molecule is CCOc1cc(B2OC(C)(C)C(C)(C)O2)ccc1O[P+](=O)O. The number of hydrogen-bond acceptors (Lipinski definition) is 5. The normalized spacial score (nSPS) is 19.9. The lowest BCUT2D eigenvalue weighted by atomic mass is 9.79. The van der Waals surface area contributed by atoms with Crippen molar-refractivity contribution in [2.75, 3.05) is 6.61 Å². The fourth-order valence-corrected chi connectivity index (χ4v) is 2.40. The van der Waals surface area contributed by atoms with Crippen LogP contribution >= 0.6 is 8.25 Å². The van der Waals surface area contributed by atoms with E-state index in [0.717, 1.165) is 5.46 Å². The van der Waals surface area contributed by atoms with E-state index in [-0.39, 0.29) is 5.75 Å². The van der Waals surface area contributed by atoms with Crippen molar-refractivity contribution in [3.05, 3.63) is 18.2 Å². The van der Waals surface area contributed by atoms with Crippen LogP contribution in [0.15, 0.2) is 18.2 Å². The molecule has 2 rings (SSSR count). The monoisotopic (exact) mass is 327 g/mol. The second-order valence-electron chi connectivity index (χ2n) is 6.06. The topological polar surface area (TPSA) is 74.2 Å². The summed E-state index contributed by atoms with van der Waals surface area (Å²) in [5, 5.41) is 0. The lowest BCUT2D eigenvalue weighted by molar-refractivity contribution is 0.00578. The standard InChI is InChI=1S/C14H20BO6P/c1-6-18-12-9-10(7-8-11(12)19-22(16)17)15-20-13(2,3)14(4,5)21-15/h7-9H,6H2,1-5H3/p+1. The molecule has 120 valence electrons. The zero-order valence-corrected chi connectivity index (χ0v) is 14.3. The molecule has 0 spiro atoms. The number of hydrogen-bond donors (Lipinski definition) is 1. The minimum absolute atomic E-state index is 0.214. The van der Waals surface area contributed by atoms with Gasteiger partial charge in [0, 0.05) is 4.57 Å². The Hall–Kier alpha value is -1.14. The van der Waals surface area contributed by atoms with Crippen LogP contribution in [-0.2, 0) is 13.9 Å². The summed E-state index contributed by atoms with van der Waals surface area (Å²) in [5.41, 5.74) is -0.109. The van der Waals surface area contributed by atoms with Crippen molar-refractivity contribution in [1.82, 2.24) is 0 Å². The molecule has 1 heterocycles. The van der Waals surface area contributed by atoms with Crippen LogP contribution in [0.4, 0.5) is 0 Å². The summed E-state index contributed by atoms with van der Waals surface area (Å²) >= 11 is 0. The Balaban J connectivity index is 2.30. The van der Waals surface area contributed by atoms with Gasteiger partial charge in [-0.3, -0.25) is 0 Å². The molecule has 8 heteroatoms. The summed E-state index contributed by atoms with van der Waals surface area (Å²) in [6.07, 6.45) is 0. The van der Waals surface area contributed by atoms with Crippen molar-refractivity contribution in [3.63, 3.8) is 0 Å². The summed E-state index contributed by atoms with van der Waals surface area (Å²) in [6, 6.07) is 5.02. The van der Waals surface area contributed by atoms with E-state index in [0.29, 0.717) is 12.4 Å². The highest BCUT2D eigenvalue weighted by Crippen LogP contribution is 2.38. The van der Waals surface area contributed by atoms with Crippen LogP contribution < -0.4 is 14.7 Å². The van der Waals surface area contributed by atoms with E-state index in [1.54, 1.807) is 18.2 Å². The molecule has 0 bridgehead atoms. The van der Waals surface area contributed by atoms with Crippen molar-refractivity contribution >= 4 is 20.8 Å². The minimum Gasteiger partial charge on any atom is -0.490 e. The highest BCUT2D eigenvalue weighted by molar-refractivity contribution is 7.32. The van der Waals surface area contributed by atoms with Gasteiger partial charge in [-0.15, -0.1) is 4.89 Å². The molecule has 0 radical (unpaired) electrons. The second kappa shape index (κ2) is 6.16. The zero-order valence-electron chi connectivity index (χ0n) is 13.5. The lowest BCUT2D eigenvalue weighted by Crippen LogP contribution is -2.41. The molecule has 1 aliphatic rings. The maximum absolute atomic E-state index is 10.9. The largest absolute Gasteiger partial charge is 0.747 e. The fraction of sp³-hybridized carbons (Fsp3) is 0.571. The van der Waals surface area contributed by atoms with Crippen LogP contribution in [-0.4, -0.2) is 29.8 Å². The molecular formula is C14H21BO6P+. The van der Waals surface area contributed by atoms with E-state index in [4.69, 9.17) is 23.5 Å². The van der Waals surface area contributed by atoms with Crippen molar-refractivity contribution < 1.29 is 28.0 Å². The Labute approximate surface area is 131 Å². The Morgan fingerprint density at radius 2 is 1.77 bits per heavy atom. The summed E-state index contributed by atoms with van der Waals surface area (Å²) < 4.78 is 33.1. The first-order valence-corrected chi connectivity index (χ1v) is 8.26. The fourth-order valence-electron chi connectivity index (χ4n) is 2.08. The van der Waals surface area contributed by atoms with E-state index in [1.165, 1.54) is 0 Å². The Bertz CT molecular complexity index is 558. The third-order valence-electron chi connectivity index (χ3n) is 3.97. The summed E-state index contributed by atoms with van der Waals surface area (Å²) in [6.45, 7) is 10.1. The zero-order chi connectivity index (χ0) is 16.5. The van der Waals surface area contributed by atoms with Crippen molar-refractivity contribution in [2.24, 2.45) is 0 Å². The lowest BCUT2D eigenvalue weighted by Gasteiger charge is -2.32. The molecule has 1 N–H and O–H groups in total. The van der Waals surface area contributed by atoms with E-state index in [2.05, 4.69) is 0 Å². The van der Waals surface area contributed by atoms with Gasteiger partial charge in [-0.25, -0.2) is 4.52 Å². The molecule has 6 nitrogen and oxygen atoms in total. The maximum atomic E-state index is 10.9. The average Bonchev–Trinajstić information content (AvgIpc) is 2.60. The van der Waals surface area contributed by atoms with Crippen LogP contribution in [0.1, 0.15) is 34.6 Å². The predicted molar refractivity (Wildman–Crippen MR) is 83.8 cm³/mol. The molecule has 1 aliphatic heterocycles. The number of ether oxygens (including phenoxy) is 1. The second-order valence-corrected chi connectivity index (χ2v) is 6.71. The number of benzene rings is 1. The van der Waals surface area contributed by atoms with Gasteiger partial charge in [-0.1, -0.05) is 6.07 Å². The molecule has 1 saturated heterocycles. The van der Waals surface area contributed by atoms with Crippen LogP contribution in [0.3, 0.4) is 0 Å². The van der Waals surface area contributed by atoms with Crippen molar-refractivity contribution in [1.29, 1.82) is 0 Å². The van der Waals surface area contributed by atoms with Gasteiger partial charge in [0.2, 0.25) is 5.75 Å². The quantitative estimate of drug-likeness (QED) is 0.661. The molecule has 0 saturated carbocycles. The molecule has 1 aromatic rings. The van der Waals surface area contributed by atoms with Gasteiger partial charge in [0.25, 0.3) is 0 Å². The summed E-state index contributed by atoms with van der Waals surface area (Å²) in [4.78, 5) is 8.90. The van der Waals surface area contributed by atoms with Gasteiger partial charge in [0.05, 0.1) is 17.8 Å². The summed E-state index contributed by atoms with van der Waals surface area (Å²) in [7, 11) is -3.27. The number of rotatable bonds is 5. The van der Waals surface area contributed by atoms with E-state index in [9.17, 15) is 4.57 Å². The smallest absolute Gasteiger partial charge is 0.490 e. The van der Waals surface area contributed by atoms with Crippen LogP contribution in [0.2, 0.25) is 0 Å². The Morgan fingerprint density at radius 3 is 2.27 bits per heavy atom. The molecule has 0 aromatic heterocycles. The first-order chi connectivity index (χ1) is 10.2. The Kier molecular flexibility index (Phi) is 4.83. The molecule has 1 unspecified atom stereocenters. The highest BCUT2D eigenvalue weighted by Gasteiger charge is 2.51. The molecule has 0 amide bonds. The van der Waals surface area contributed by atoms with Crippen LogP contribution in [0, 0.1) is 0 Å². The maximum Gasteiger partial charge on any atom is 0.747 e. The minimum atomic E-state index is -2.75. The highest BCUT2D eigenvalue weighted by atomic mass is 31.1. The molecule has 1 atom stereocenters.